The zero-order valence-corrected chi connectivity index (χ0v) is 15.9. The molecule has 0 atom stereocenters. The van der Waals surface area contributed by atoms with E-state index in [0.29, 0.717) is 52.0 Å². The first-order valence-electron chi connectivity index (χ1n) is 9.24. The second-order valence-electron chi connectivity index (χ2n) is 7.02. The molecule has 4 rings (SSSR count). The number of fused-ring (bicyclic) bond motifs is 1. The lowest BCUT2D eigenvalue weighted by Gasteiger charge is -2.28. The Morgan fingerprint density at radius 1 is 1.08 bits per heavy atom. The minimum Gasteiger partial charge on any atom is -0.381 e. The van der Waals surface area contributed by atoms with E-state index >= 15 is 0 Å². The number of hydrogen-bond donors (Lipinski definition) is 0. The van der Waals surface area contributed by atoms with Crippen LogP contribution in [0.15, 0.2) is 30.3 Å². The summed E-state index contributed by atoms with van der Waals surface area (Å²) in [5.74, 6) is 0. The van der Waals surface area contributed by atoms with Gasteiger partial charge in [-0.25, -0.2) is 12.7 Å². The van der Waals surface area contributed by atoms with Gasteiger partial charge < -0.3 is 4.74 Å². The van der Waals surface area contributed by atoms with Crippen LogP contribution in [0.4, 0.5) is 0 Å². The van der Waals surface area contributed by atoms with Crippen LogP contribution in [0, 0.1) is 0 Å². The first-order valence-corrected chi connectivity index (χ1v) is 10.7. The minimum absolute atomic E-state index is 0.302. The van der Waals surface area contributed by atoms with Crippen LogP contribution < -0.4 is 0 Å². The van der Waals surface area contributed by atoms with Crippen molar-refractivity contribution in [3.8, 4) is 11.3 Å². The molecule has 2 aromatic rings. The molecule has 1 saturated heterocycles. The number of aromatic nitrogens is 2. The van der Waals surface area contributed by atoms with Gasteiger partial charge in [0.15, 0.2) is 0 Å². The molecule has 2 aliphatic heterocycles. The lowest BCUT2D eigenvalue weighted by atomic mass is 10.0. The van der Waals surface area contributed by atoms with E-state index in [0.717, 1.165) is 17.0 Å². The number of sulfonamides is 1. The molecule has 0 amide bonds. The van der Waals surface area contributed by atoms with Crippen molar-refractivity contribution >= 4 is 10.0 Å². The fraction of sp³-hybridized carbons (Fsp3) is 0.526. The molecule has 140 valence electrons. The standard InChI is InChI=1S/C19H25N3O3S/c1-21-18-8-12-22(26(23,24)16-9-13-25-14-10-16)11-7-17(18)19(20-21)15-5-3-2-4-6-15/h2-6,16H,7-14H2,1H3. The van der Waals surface area contributed by atoms with E-state index in [1.54, 1.807) is 4.31 Å². The molecule has 0 spiro atoms. The van der Waals surface area contributed by atoms with Crippen molar-refractivity contribution < 1.29 is 13.2 Å². The summed E-state index contributed by atoms with van der Waals surface area (Å²) in [6, 6.07) is 10.1. The monoisotopic (exact) mass is 375 g/mol. The van der Waals surface area contributed by atoms with Crippen LogP contribution in [-0.2, 0) is 34.6 Å². The molecule has 2 aliphatic rings. The zero-order chi connectivity index (χ0) is 18.1. The summed E-state index contributed by atoms with van der Waals surface area (Å²) in [6.45, 7) is 2.14. The van der Waals surface area contributed by atoms with Gasteiger partial charge in [-0.1, -0.05) is 30.3 Å². The average Bonchev–Trinajstić information content (AvgIpc) is 2.84. The van der Waals surface area contributed by atoms with E-state index in [4.69, 9.17) is 9.84 Å². The van der Waals surface area contributed by atoms with Crippen molar-refractivity contribution in [2.24, 2.45) is 7.05 Å². The Morgan fingerprint density at radius 3 is 2.50 bits per heavy atom. The van der Waals surface area contributed by atoms with Crippen molar-refractivity contribution in [2.45, 2.75) is 30.9 Å². The number of nitrogens with zero attached hydrogens (tertiary/aromatic N) is 3. The molecule has 0 unspecified atom stereocenters. The summed E-state index contributed by atoms with van der Waals surface area (Å²) in [6.07, 6.45) is 2.61. The lowest BCUT2D eigenvalue weighted by molar-refractivity contribution is 0.0972. The number of aryl methyl sites for hydroxylation is 1. The highest BCUT2D eigenvalue weighted by atomic mass is 32.2. The molecule has 0 aliphatic carbocycles. The van der Waals surface area contributed by atoms with E-state index in [-0.39, 0.29) is 5.25 Å². The van der Waals surface area contributed by atoms with Crippen LogP contribution >= 0.6 is 0 Å². The SMILES string of the molecule is Cn1nc(-c2ccccc2)c2c1CCN(S(=O)(=O)C1CCOCC1)CC2. The summed E-state index contributed by atoms with van der Waals surface area (Å²) in [4.78, 5) is 0. The predicted octanol–water partition coefficient (Wildman–Crippen LogP) is 2.00. The van der Waals surface area contributed by atoms with Gasteiger partial charge in [0, 0.05) is 56.6 Å². The third-order valence-electron chi connectivity index (χ3n) is 5.48. The van der Waals surface area contributed by atoms with Gasteiger partial charge in [-0.05, 0) is 19.3 Å². The van der Waals surface area contributed by atoms with Crippen LogP contribution in [0.2, 0.25) is 0 Å². The smallest absolute Gasteiger partial charge is 0.217 e. The van der Waals surface area contributed by atoms with Crippen LogP contribution in [0.5, 0.6) is 0 Å². The Balaban J connectivity index is 1.60. The van der Waals surface area contributed by atoms with E-state index in [2.05, 4.69) is 12.1 Å². The molecular formula is C19H25N3O3S. The molecule has 0 saturated carbocycles. The van der Waals surface area contributed by atoms with Crippen LogP contribution in [-0.4, -0.2) is 54.1 Å². The van der Waals surface area contributed by atoms with Gasteiger partial charge in [0.2, 0.25) is 10.0 Å². The Kier molecular flexibility index (Phi) is 4.86. The molecule has 26 heavy (non-hydrogen) atoms. The summed E-state index contributed by atoms with van der Waals surface area (Å²) in [5.41, 5.74) is 4.40. The Labute approximate surface area is 154 Å². The molecule has 0 bridgehead atoms. The first kappa shape index (κ1) is 17.7. The molecule has 1 aromatic carbocycles. The Hall–Kier alpha value is -1.70. The number of rotatable bonds is 3. The van der Waals surface area contributed by atoms with Crippen LogP contribution in [0.3, 0.4) is 0 Å². The maximum Gasteiger partial charge on any atom is 0.217 e. The Bertz CT molecular complexity index is 871. The second-order valence-corrected chi connectivity index (χ2v) is 9.23. The molecule has 3 heterocycles. The van der Waals surface area contributed by atoms with Crippen molar-refractivity contribution in [1.29, 1.82) is 0 Å². The molecule has 6 nitrogen and oxygen atoms in total. The molecule has 0 radical (unpaired) electrons. The van der Waals surface area contributed by atoms with Gasteiger partial charge >= 0.3 is 0 Å². The summed E-state index contributed by atoms with van der Waals surface area (Å²) in [7, 11) is -1.32. The van der Waals surface area contributed by atoms with Crippen molar-refractivity contribution in [3.05, 3.63) is 41.6 Å². The molecular weight excluding hydrogens is 350 g/mol. The number of ether oxygens (including phenoxy) is 1. The van der Waals surface area contributed by atoms with Crippen LogP contribution in [0.25, 0.3) is 11.3 Å². The largest absolute Gasteiger partial charge is 0.381 e. The molecule has 0 N–H and O–H groups in total. The highest BCUT2D eigenvalue weighted by Crippen LogP contribution is 2.29. The highest BCUT2D eigenvalue weighted by molar-refractivity contribution is 7.89. The first-order chi connectivity index (χ1) is 12.6. The normalized spacial score (nSPS) is 19.9. The fourth-order valence-electron chi connectivity index (χ4n) is 4.02. The topological polar surface area (TPSA) is 64.4 Å². The molecule has 1 fully saturated rings. The zero-order valence-electron chi connectivity index (χ0n) is 15.1. The van der Waals surface area contributed by atoms with E-state index in [1.807, 2.05) is 29.9 Å². The van der Waals surface area contributed by atoms with E-state index in [9.17, 15) is 8.42 Å². The van der Waals surface area contributed by atoms with Gasteiger partial charge in [-0.3, -0.25) is 4.68 Å². The van der Waals surface area contributed by atoms with Gasteiger partial charge in [0.05, 0.1) is 10.9 Å². The minimum atomic E-state index is -3.27. The van der Waals surface area contributed by atoms with E-state index < -0.39 is 10.0 Å². The van der Waals surface area contributed by atoms with Crippen molar-refractivity contribution in [3.63, 3.8) is 0 Å². The molecule has 1 aromatic heterocycles. The van der Waals surface area contributed by atoms with Crippen LogP contribution in [0.1, 0.15) is 24.1 Å². The maximum absolute atomic E-state index is 13.1. The van der Waals surface area contributed by atoms with Gasteiger partial charge in [0.1, 0.15) is 0 Å². The van der Waals surface area contributed by atoms with Gasteiger partial charge in [-0.2, -0.15) is 5.10 Å². The third-order valence-corrected chi connectivity index (χ3v) is 7.88. The van der Waals surface area contributed by atoms with Crippen molar-refractivity contribution in [1.82, 2.24) is 14.1 Å². The second kappa shape index (κ2) is 7.13. The maximum atomic E-state index is 13.1. The average molecular weight is 375 g/mol. The summed E-state index contributed by atoms with van der Waals surface area (Å²) >= 11 is 0. The Morgan fingerprint density at radius 2 is 1.77 bits per heavy atom. The third kappa shape index (κ3) is 3.19. The number of hydrogen-bond acceptors (Lipinski definition) is 4. The quantitative estimate of drug-likeness (QED) is 0.823. The lowest BCUT2D eigenvalue weighted by Crippen LogP contribution is -2.42. The number of benzene rings is 1. The fourth-order valence-corrected chi connectivity index (χ4v) is 5.93. The summed E-state index contributed by atoms with van der Waals surface area (Å²) in [5, 5.41) is 4.41. The predicted molar refractivity (Wildman–Crippen MR) is 100 cm³/mol. The van der Waals surface area contributed by atoms with Crippen molar-refractivity contribution in [2.75, 3.05) is 26.3 Å². The molecule has 7 heteroatoms. The highest BCUT2D eigenvalue weighted by Gasteiger charge is 2.35. The van der Waals surface area contributed by atoms with Gasteiger partial charge in [0.25, 0.3) is 0 Å². The van der Waals surface area contributed by atoms with E-state index in [1.165, 1.54) is 5.56 Å². The summed E-state index contributed by atoms with van der Waals surface area (Å²) < 4.78 is 35.1. The van der Waals surface area contributed by atoms with Gasteiger partial charge in [-0.15, -0.1) is 0 Å².